The van der Waals surface area contributed by atoms with E-state index in [1.165, 1.54) is 23.9 Å². The summed E-state index contributed by atoms with van der Waals surface area (Å²) < 4.78 is 12.8. The minimum absolute atomic E-state index is 0.146. The van der Waals surface area contributed by atoms with Gasteiger partial charge in [-0.1, -0.05) is 23.7 Å². The van der Waals surface area contributed by atoms with Crippen molar-refractivity contribution in [3.63, 3.8) is 0 Å². The summed E-state index contributed by atoms with van der Waals surface area (Å²) in [4.78, 5) is 31.0. The molecule has 0 atom stereocenters. The molecule has 0 unspecified atom stereocenters. The number of aliphatic imine (C=N–C) groups is 1. The first-order valence-electron chi connectivity index (χ1n) is 11.8. The number of likely N-dealkylation sites (N-methyl/N-ethyl adjacent to an activating group) is 1. The average Bonchev–Trinajstić information content (AvgIpc) is 3.17. The minimum atomic E-state index is -1.00. The summed E-state index contributed by atoms with van der Waals surface area (Å²) in [6, 6.07) is 17.5. The van der Waals surface area contributed by atoms with E-state index in [2.05, 4.69) is 27.6 Å². The highest BCUT2D eigenvalue weighted by molar-refractivity contribution is 14.1. The van der Waals surface area contributed by atoms with E-state index in [1.54, 1.807) is 17.0 Å². The van der Waals surface area contributed by atoms with Crippen LogP contribution in [0.25, 0.3) is 6.08 Å². The SMILES string of the molecule is CCOc1cc(C=C2SC(=Nc3ccc(C(=O)O)cc3)N(CC)C2=O)cc(I)c1OCc1cccc(Cl)c1. The summed E-state index contributed by atoms with van der Waals surface area (Å²) in [5.41, 5.74) is 2.49. The number of halogens is 2. The molecule has 196 valence electrons. The van der Waals surface area contributed by atoms with E-state index in [9.17, 15) is 9.59 Å². The predicted octanol–water partition coefficient (Wildman–Crippen LogP) is 7.24. The third kappa shape index (κ3) is 6.69. The number of benzene rings is 3. The van der Waals surface area contributed by atoms with Gasteiger partial charge in [-0.15, -0.1) is 0 Å². The van der Waals surface area contributed by atoms with Crippen LogP contribution in [-0.4, -0.2) is 40.2 Å². The first kappa shape index (κ1) is 28.0. The monoisotopic (exact) mass is 662 g/mol. The van der Waals surface area contributed by atoms with Gasteiger partial charge < -0.3 is 14.6 Å². The first-order valence-corrected chi connectivity index (χ1v) is 14.0. The third-order valence-electron chi connectivity index (χ3n) is 5.44. The van der Waals surface area contributed by atoms with Gasteiger partial charge in [0.05, 0.1) is 26.3 Å². The molecule has 10 heteroatoms. The van der Waals surface area contributed by atoms with Crippen molar-refractivity contribution in [2.75, 3.05) is 13.2 Å². The lowest BCUT2D eigenvalue weighted by molar-refractivity contribution is -0.122. The van der Waals surface area contributed by atoms with Gasteiger partial charge in [0.2, 0.25) is 0 Å². The molecule has 38 heavy (non-hydrogen) atoms. The molecule has 3 aromatic rings. The number of carbonyl (C=O) groups excluding carboxylic acids is 1. The molecule has 3 aromatic carbocycles. The Bertz CT molecular complexity index is 1430. The number of carboxylic acid groups (broad SMARTS) is 1. The minimum Gasteiger partial charge on any atom is -0.490 e. The number of ether oxygens (including phenoxy) is 2. The normalized spacial score (nSPS) is 15.4. The number of hydrogen-bond donors (Lipinski definition) is 1. The van der Waals surface area contributed by atoms with Crippen LogP contribution in [0.15, 0.2) is 70.6 Å². The fourth-order valence-electron chi connectivity index (χ4n) is 3.67. The quantitative estimate of drug-likeness (QED) is 0.192. The number of carboxylic acids is 1. The van der Waals surface area contributed by atoms with Gasteiger partial charge in [-0.3, -0.25) is 9.69 Å². The largest absolute Gasteiger partial charge is 0.490 e. The summed E-state index contributed by atoms with van der Waals surface area (Å²) >= 11 is 9.57. The van der Waals surface area contributed by atoms with Crippen molar-refractivity contribution in [1.29, 1.82) is 0 Å². The van der Waals surface area contributed by atoms with Crippen molar-refractivity contribution in [2.24, 2.45) is 4.99 Å². The second kappa shape index (κ2) is 12.7. The number of rotatable bonds is 9. The average molecular weight is 663 g/mol. The van der Waals surface area contributed by atoms with Gasteiger partial charge in [0.25, 0.3) is 5.91 Å². The highest BCUT2D eigenvalue weighted by atomic mass is 127. The van der Waals surface area contributed by atoms with Gasteiger partial charge >= 0.3 is 5.97 Å². The summed E-state index contributed by atoms with van der Waals surface area (Å²) in [5.74, 6) is 0.0651. The molecule has 7 nitrogen and oxygen atoms in total. The molecule has 0 saturated carbocycles. The van der Waals surface area contributed by atoms with Crippen molar-refractivity contribution in [2.45, 2.75) is 20.5 Å². The Balaban J connectivity index is 1.60. The zero-order chi connectivity index (χ0) is 27.2. The van der Waals surface area contributed by atoms with Crippen LogP contribution < -0.4 is 9.47 Å². The third-order valence-corrected chi connectivity index (χ3v) is 7.49. The maximum Gasteiger partial charge on any atom is 0.335 e. The fourth-order valence-corrected chi connectivity index (χ4v) is 5.72. The molecule has 1 fully saturated rings. The van der Waals surface area contributed by atoms with Crippen molar-refractivity contribution in [1.82, 2.24) is 4.90 Å². The number of amides is 1. The molecule has 1 heterocycles. The number of amidine groups is 1. The number of thioether (sulfide) groups is 1. The second-order valence-corrected chi connectivity index (χ2v) is 10.7. The van der Waals surface area contributed by atoms with Crippen molar-refractivity contribution in [3.8, 4) is 11.5 Å². The number of aromatic carboxylic acids is 1. The van der Waals surface area contributed by atoms with Crippen LogP contribution in [0.4, 0.5) is 5.69 Å². The van der Waals surface area contributed by atoms with Crippen LogP contribution in [0.5, 0.6) is 11.5 Å². The van der Waals surface area contributed by atoms with Crippen molar-refractivity contribution < 1.29 is 24.2 Å². The number of hydrogen-bond acceptors (Lipinski definition) is 6. The van der Waals surface area contributed by atoms with Crippen LogP contribution >= 0.6 is 46.0 Å². The molecule has 4 rings (SSSR count). The molecule has 0 aliphatic carbocycles. The van der Waals surface area contributed by atoms with E-state index in [0.717, 1.165) is 14.7 Å². The molecule has 1 amide bonds. The van der Waals surface area contributed by atoms with Crippen LogP contribution in [0.1, 0.15) is 35.3 Å². The Morgan fingerprint density at radius 3 is 2.55 bits per heavy atom. The maximum atomic E-state index is 13.1. The molecule has 0 bridgehead atoms. The van der Waals surface area contributed by atoms with Gasteiger partial charge in [0.15, 0.2) is 16.7 Å². The summed E-state index contributed by atoms with van der Waals surface area (Å²) in [7, 11) is 0. The fraction of sp³-hybridized carbons (Fsp3) is 0.179. The number of carbonyl (C=O) groups is 2. The number of nitrogens with zero attached hydrogens (tertiary/aromatic N) is 2. The molecular weight excluding hydrogens is 639 g/mol. The smallest absolute Gasteiger partial charge is 0.335 e. The zero-order valence-electron chi connectivity index (χ0n) is 20.6. The molecule has 1 aliphatic heterocycles. The zero-order valence-corrected chi connectivity index (χ0v) is 24.3. The topological polar surface area (TPSA) is 88.4 Å². The van der Waals surface area contributed by atoms with E-state index in [1.807, 2.05) is 56.3 Å². The van der Waals surface area contributed by atoms with Gasteiger partial charge in [-0.2, -0.15) is 0 Å². The lowest BCUT2D eigenvalue weighted by atomic mass is 10.1. The van der Waals surface area contributed by atoms with E-state index in [0.29, 0.717) is 52.0 Å². The van der Waals surface area contributed by atoms with Crippen LogP contribution in [-0.2, 0) is 11.4 Å². The van der Waals surface area contributed by atoms with E-state index >= 15 is 0 Å². The summed E-state index contributed by atoms with van der Waals surface area (Å²) in [6.45, 7) is 5.03. The van der Waals surface area contributed by atoms with Gasteiger partial charge in [0.1, 0.15) is 6.61 Å². The van der Waals surface area contributed by atoms with Crippen molar-refractivity contribution >= 4 is 74.8 Å². The Labute approximate surface area is 243 Å². The highest BCUT2D eigenvalue weighted by Gasteiger charge is 2.32. The lowest BCUT2D eigenvalue weighted by Crippen LogP contribution is -2.28. The van der Waals surface area contributed by atoms with E-state index < -0.39 is 5.97 Å². The van der Waals surface area contributed by atoms with E-state index in [4.69, 9.17) is 26.2 Å². The van der Waals surface area contributed by atoms with Gasteiger partial charge in [0, 0.05) is 11.6 Å². The Morgan fingerprint density at radius 1 is 1.13 bits per heavy atom. The predicted molar refractivity (Wildman–Crippen MR) is 160 cm³/mol. The first-order chi connectivity index (χ1) is 18.3. The Kier molecular flexibility index (Phi) is 9.35. The summed E-state index contributed by atoms with van der Waals surface area (Å²) in [5, 5.41) is 10.3. The molecule has 0 spiro atoms. The molecular formula is C28H24ClIN2O5S. The Morgan fingerprint density at radius 2 is 1.89 bits per heavy atom. The van der Waals surface area contributed by atoms with Crippen LogP contribution in [0.2, 0.25) is 5.02 Å². The summed E-state index contributed by atoms with van der Waals surface area (Å²) in [6.07, 6.45) is 1.82. The second-order valence-electron chi connectivity index (χ2n) is 8.09. The standard InChI is InChI=1S/C28H24ClIN2O5S/c1-3-32-26(33)24(38-28(32)31-21-10-8-19(9-11-21)27(34)35)15-18-13-22(30)25(23(14-18)36-4-2)37-16-17-6-5-7-20(29)12-17/h5-15H,3-4,16H2,1-2H3,(H,34,35). The van der Waals surface area contributed by atoms with Crippen molar-refractivity contribution in [3.05, 3.63) is 90.9 Å². The molecule has 0 radical (unpaired) electrons. The molecule has 0 aromatic heterocycles. The van der Waals surface area contributed by atoms with Gasteiger partial charge in [-0.25, -0.2) is 9.79 Å². The van der Waals surface area contributed by atoms with Crippen LogP contribution in [0.3, 0.4) is 0 Å². The van der Waals surface area contributed by atoms with E-state index in [-0.39, 0.29) is 11.5 Å². The molecule has 1 aliphatic rings. The highest BCUT2D eigenvalue weighted by Crippen LogP contribution is 2.38. The Hall–Kier alpha value is -3.02. The lowest BCUT2D eigenvalue weighted by Gasteiger charge is -2.15. The maximum absolute atomic E-state index is 13.1. The molecule has 1 N–H and O–H groups in total. The van der Waals surface area contributed by atoms with Crippen LogP contribution in [0, 0.1) is 3.57 Å². The molecule has 1 saturated heterocycles. The van der Waals surface area contributed by atoms with Gasteiger partial charge in [-0.05, 0) is 114 Å².